The maximum atomic E-state index is 11.0. The number of fused-ring (bicyclic) bond motifs is 2. The molecule has 0 radical (unpaired) electrons. The van der Waals surface area contributed by atoms with Gasteiger partial charge in [0.25, 0.3) is 0 Å². The second-order valence-corrected chi connectivity index (χ2v) is 9.29. The van der Waals surface area contributed by atoms with Gasteiger partial charge in [0.05, 0.1) is 6.10 Å². The fourth-order valence-corrected chi connectivity index (χ4v) is 4.87. The summed E-state index contributed by atoms with van der Waals surface area (Å²) in [5.74, 6) is 0.420. The molecule has 2 fully saturated rings. The molecule has 0 aromatic heterocycles. The van der Waals surface area contributed by atoms with Gasteiger partial charge in [0.15, 0.2) is 23.6 Å². The molecule has 7 nitrogen and oxygen atoms in total. The Labute approximate surface area is 186 Å². The molecule has 1 unspecified atom stereocenters. The van der Waals surface area contributed by atoms with Crippen molar-refractivity contribution >= 4 is 11.6 Å². The van der Waals surface area contributed by atoms with E-state index < -0.39 is 36.5 Å². The Hall–Kier alpha value is -1.61. The van der Waals surface area contributed by atoms with E-state index in [1.807, 2.05) is 30.4 Å². The Morgan fingerprint density at radius 2 is 1.94 bits per heavy atom. The van der Waals surface area contributed by atoms with Crippen molar-refractivity contribution in [2.24, 2.45) is 5.92 Å². The first-order valence-corrected chi connectivity index (χ1v) is 11.0. The third kappa shape index (κ3) is 4.11. The van der Waals surface area contributed by atoms with Crippen LogP contribution in [-0.2, 0) is 20.6 Å². The Morgan fingerprint density at radius 3 is 2.71 bits per heavy atom. The van der Waals surface area contributed by atoms with E-state index >= 15 is 0 Å². The molecule has 3 heterocycles. The molecule has 1 aromatic carbocycles. The Morgan fingerprint density at radius 1 is 1.16 bits per heavy atom. The molecule has 1 aromatic rings. The molecule has 0 bridgehead atoms. The number of halogens is 1. The molecule has 5 rings (SSSR count). The van der Waals surface area contributed by atoms with E-state index in [2.05, 4.69) is 0 Å². The van der Waals surface area contributed by atoms with E-state index in [4.69, 9.17) is 35.3 Å². The lowest BCUT2D eigenvalue weighted by atomic mass is 9.84. The van der Waals surface area contributed by atoms with Crippen LogP contribution in [0.5, 0.6) is 11.5 Å². The molecule has 2 N–H and O–H groups in total. The summed E-state index contributed by atoms with van der Waals surface area (Å²) in [7, 11) is 0. The summed E-state index contributed by atoms with van der Waals surface area (Å²) in [4.78, 5) is 0. The number of hydrogen-bond acceptors (Lipinski definition) is 7. The first-order valence-electron chi connectivity index (χ1n) is 10.6. The van der Waals surface area contributed by atoms with Crippen molar-refractivity contribution in [3.8, 4) is 11.5 Å². The Bertz CT molecular complexity index is 911. The second kappa shape index (κ2) is 8.06. The summed E-state index contributed by atoms with van der Waals surface area (Å²) in [6, 6.07) is 5.87. The number of aliphatic hydroxyl groups is 2. The van der Waals surface area contributed by atoms with Gasteiger partial charge in [0.1, 0.15) is 31.5 Å². The van der Waals surface area contributed by atoms with Crippen LogP contribution in [0.3, 0.4) is 0 Å². The number of aliphatic hydroxyl groups excluding tert-OH is 2. The average Bonchev–Trinajstić information content (AvgIpc) is 3.21. The monoisotopic (exact) mass is 450 g/mol. The quantitative estimate of drug-likeness (QED) is 0.729. The number of ether oxygens (including phenoxy) is 5. The highest BCUT2D eigenvalue weighted by atomic mass is 35.5. The van der Waals surface area contributed by atoms with Gasteiger partial charge in [-0.2, -0.15) is 0 Å². The van der Waals surface area contributed by atoms with Gasteiger partial charge in [-0.05, 0) is 56.0 Å². The van der Waals surface area contributed by atoms with Gasteiger partial charge in [0, 0.05) is 11.0 Å². The molecule has 0 amide bonds. The van der Waals surface area contributed by atoms with E-state index in [-0.39, 0.29) is 5.92 Å². The first kappa shape index (κ1) is 21.2. The highest BCUT2D eigenvalue weighted by Gasteiger charge is 2.56. The minimum Gasteiger partial charge on any atom is -0.486 e. The van der Waals surface area contributed by atoms with Crippen molar-refractivity contribution in [1.29, 1.82) is 0 Å². The largest absolute Gasteiger partial charge is 0.486 e. The van der Waals surface area contributed by atoms with Crippen LogP contribution in [-0.4, -0.2) is 59.9 Å². The zero-order chi connectivity index (χ0) is 21.8. The van der Waals surface area contributed by atoms with Gasteiger partial charge in [0.2, 0.25) is 0 Å². The lowest BCUT2D eigenvalue weighted by molar-refractivity contribution is -0.227. The van der Waals surface area contributed by atoms with Crippen molar-refractivity contribution in [3.63, 3.8) is 0 Å². The lowest BCUT2D eigenvalue weighted by Crippen LogP contribution is -2.44. The van der Waals surface area contributed by atoms with Crippen LogP contribution < -0.4 is 9.47 Å². The molecule has 2 saturated heterocycles. The Kier molecular flexibility index (Phi) is 5.53. The van der Waals surface area contributed by atoms with E-state index in [1.165, 1.54) is 0 Å². The highest BCUT2D eigenvalue weighted by molar-refractivity contribution is 6.31. The Balaban J connectivity index is 1.26. The van der Waals surface area contributed by atoms with Gasteiger partial charge < -0.3 is 33.9 Å². The summed E-state index contributed by atoms with van der Waals surface area (Å²) in [6.07, 6.45) is 0.869. The SMILES string of the molecule is CC1(C)O[C@@H]2O[C@@H]([C@@H](O)C3C=CC(Cl)=C(Cc4ccc5c(c4)OCCO5)C3)[C@@H](O)[C@@H]2O1. The number of benzene rings is 1. The fourth-order valence-electron chi connectivity index (χ4n) is 4.65. The normalized spacial score (nSPS) is 34.7. The predicted molar refractivity (Wildman–Crippen MR) is 112 cm³/mol. The molecule has 8 heteroatoms. The molecule has 0 spiro atoms. The number of allylic oxidation sites excluding steroid dienone is 3. The van der Waals surface area contributed by atoms with Crippen molar-refractivity contribution < 1.29 is 33.9 Å². The number of rotatable bonds is 4. The van der Waals surface area contributed by atoms with E-state index in [0.717, 1.165) is 22.6 Å². The molecule has 31 heavy (non-hydrogen) atoms. The molecular weight excluding hydrogens is 424 g/mol. The molecular formula is C23H27ClO7. The second-order valence-electron chi connectivity index (χ2n) is 8.88. The summed E-state index contributed by atoms with van der Waals surface area (Å²) >= 11 is 6.48. The summed E-state index contributed by atoms with van der Waals surface area (Å²) in [5, 5.41) is 22.4. The minimum absolute atomic E-state index is 0.249. The topological polar surface area (TPSA) is 86.6 Å². The first-order chi connectivity index (χ1) is 14.8. The molecule has 6 atom stereocenters. The van der Waals surface area contributed by atoms with Gasteiger partial charge in [-0.15, -0.1) is 0 Å². The zero-order valence-corrected chi connectivity index (χ0v) is 18.2. The van der Waals surface area contributed by atoms with Gasteiger partial charge in [-0.25, -0.2) is 0 Å². The zero-order valence-electron chi connectivity index (χ0n) is 17.5. The van der Waals surface area contributed by atoms with Crippen LogP contribution in [0.25, 0.3) is 0 Å². The van der Waals surface area contributed by atoms with Crippen LogP contribution in [0.2, 0.25) is 0 Å². The van der Waals surface area contributed by atoms with Crippen LogP contribution >= 0.6 is 11.6 Å². The van der Waals surface area contributed by atoms with Crippen molar-refractivity contribution in [2.45, 2.75) is 63.2 Å². The highest BCUT2D eigenvalue weighted by Crippen LogP contribution is 2.41. The third-order valence-electron chi connectivity index (χ3n) is 6.16. The smallest absolute Gasteiger partial charge is 0.190 e. The maximum absolute atomic E-state index is 11.0. The molecule has 4 aliphatic rings. The summed E-state index contributed by atoms with van der Waals surface area (Å²) in [6.45, 7) is 4.63. The van der Waals surface area contributed by atoms with Crippen molar-refractivity contribution in [3.05, 3.63) is 46.5 Å². The summed E-state index contributed by atoms with van der Waals surface area (Å²) < 4.78 is 28.5. The van der Waals surface area contributed by atoms with Crippen molar-refractivity contribution in [1.82, 2.24) is 0 Å². The van der Waals surface area contributed by atoms with Crippen molar-refractivity contribution in [2.75, 3.05) is 13.2 Å². The summed E-state index contributed by atoms with van der Waals surface area (Å²) in [5.41, 5.74) is 2.06. The van der Waals surface area contributed by atoms with Crippen LogP contribution in [0.15, 0.2) is 41.0 Å². The fraction of sp³-hybridized carbons (Fsp3) is 0.565. The predicted octanol–water partition coefficient (Wildman–Crippen LogP) is 2.67. The van der Waals surface area contributed by atoms with E-state index in [9.17, 15) is 10.2 Å². The maximum Gasteiger partial charge on any atom is 0.190 e. The van der Waals surface area contributed by atoms with Crippen LogP contribution in [0, 0.1) is 5.92 Å². The van der Waals surface area contributed by atoms with Crippen LogP contribution in [0.4, 0.5) is 0 Å². The number of hydrogen-bond donors (Lipinski definition) is 2. The van der Waals surface area contributed by atoms with Crippen LogP contribution in [0.1, 0.15) is 25.8 Å². The molecule has 168 valence electrons. The molecule has 3 aliphatic heterocycles. The standard InChI is InChI=1S/C23H27ClO7/c1-23(2)30-21-19(26)20(29-22(21)31-23)18(25)13-4-5-15(24)14(11-13)9-12-3-6-16-17(10-12)28-8-7-27-16/h3-6,10,13,18-22,25-26H,7-9,11H2,1-2H3/t13?,18-,19+,20-,21-,22-/m0/s1. The average molecular weight is 451 g/mol. The van der Waals surface area contributed by atoms with Gasteiger partial charge in [-0.1, -0.05) is 23.7 Å². The molecule has 1 aliphatic carbocycles. The van der Waals surface area contributed by atoms with Gasteiger partial charge >= 0.3 is 0 Å². The van der Waals surface area contributed by atoms with Gasteiger partial charge in [-0.3, -0.25) is 0 Å². The van der Waals surface area contributed by atoms with E-state index in [1.54, 1.807) is 13.8 Å². The minimum atomic E-state index is -0.974. The molecule has 0 saturated carbocycles. The third-order valence-corrected chi connectivity index (χ3v) is 6.55. The van der Waals surface area contributed by atoms with E-state index in [0.29, 0.717) is 31.1 Å². The lowest BCUT2D eigenvalue weighted by Gasteiger charge is -2.31.